The summed E-state index contributed by atoms with van der Waals surface area (Å²) < 4.78 is 1.51. The molecule has 0 saturated heterocycles. The van der Waals surface area contributed by atoms with E-state index in [0.717, 1.165) is 19.3 Å². The van der Waals surface area contributed by atoms with Crippen molar-refractivity contribution in [2.75, 3.05) is 0 Å². The molecule has 0 spiro atoms. The summed E-state index contributed by atoms with van der Waals surface area (Å²) in [6, 6.07) is 57.3. The van der Waals surface area contributed by atoms with Gasteiger partial charge < -0.3 is 37.2 Å². The Balaban J connectivity index is 0.00000308. The first kappa shape index (κ1) is 54.2. The third-order valence-electron chi connectivity index (χ3n) is 14.4. The molecule has 338 valence electrons. The molecule has 1 aliphatic rings. The molecule has 6 aromatic carbocycles. The smallest absolute Gasteiger partial charge is 1.00 e. The Labute approximate surface area is 424 Å². The normalized spacial score (nSPS) is 15.6. The van der Waals surface area contributed by atoms with Crippen LogP contribution < -0.4 is 52.8 Å². The van der Waals surface area contributed by atoms with E-state index in [1.807, 2.05) is 0 Å². The molecule has 1 unspecified atom stereocenters. The van der Waals surface area contributed by atoms with Crippen LogP contribution in [0.15, 0.2) is 166 Å². The van der Waals surface area contributed by atoms with Gasteiger partial charge in [0.25, 0.3) is 0 Å². The van der Waals surface area contributed by atoms with Crippen molar-refractivity contribution in [3.63, 3.8) is 0 Å². The second kappa shape index (κ2) is 20.9. The van der Waals surface area contributed by atoms with Crippen molar-refractivity contribution in [3.05, 3.63) is 216 Å². The standard InChI is InChI=1S/C60H69Si.3ClH.Ti/c1-42-41-60(13,44(3)43(42)2)61(54-23-17-14-20-48(54)38-45-26-32-51(33-27-45)57(4,5)6,55-24-18-15-21-49(55)39-46-28-34-52(35-29-46)58(7,8)9)56-25-19-16-22-50(56)40-47-30-36-53(37-31-47)59(10,11)12;;;;/h14-37H,38-40H2,1-13H3;3*1H;/q;;;;+3/p-3. The van der Waals surface area contributed by atoms with Gasteiger partial charge in [0, 0.05) is 0 Å². The third-order valence-corrected chi connectivity index (χ3v) is 22.2. The Kier molecular flexibility index (Phi) is 17.4. The van der Waals surface area contributed by atoms with Crippen LogP contribution in [0, 0.1) is 0 Å². The maximum Gasteiger partial charge on any atom is -1.00 e. The van der Waals surface area contributed by atoms with Gasteiger partial charge in [-0.15, -0.1) is 0 Å². The molecular weight excluding hydrogens is 903 g/mol. The molecule has 0 bridgehead atoms. The maximum atomic E-state index is 2.64. The Hall–Kier alpha value is -3.40. The van der Waals surface area contributed by atoms with Crippen LogP contribution in [0.3, 0.4) is 0 Å². The Bertz CT molecular complexity index is 2360. The summed E-state index contributed by atoms with van der Waals surface area (Å²) in [6.45, 7) is 30.6. The van der Waals surface area contributed by atoms with Gasteiger partial charge in [0.2, 0.25) is 0 Å². The first-order chi connectivity index (χ1) is 29.2. The molecule has 65 heavy (non-hydrogen) atoms. The van der Waals surface area contributed by atoms with E-state index >= 15 is 0 Å². The van der Waals surface area contributed by atoms with E-state index in [1.54, 1.807) is 0 Å². The minimum absolute atomic E-state index is 0. The van der Waals surface area contributed by atoms with E-state index in [1.165, 1.54) is 86.2 Å². The molecule has 6 aromatic rings. The van der Waals surface area contributed by atoms with Crippen LogP contribution in [0.25, 0.3) is 0 Å². The number of allylic oxidation sites excluding steroid dienone is 4. The van der Waals surface area contributed by atoms with Crippen LogP contribution in [0.2, 0.25) is 5.04 Å². The molecule has 0 amide bonds. The largest absolute Gasteiger partial charge is 1.00 e. The molecule has 0 N–H and O–H groups in total. The second-order valence-electron chi connectivity index (χ2n) is 21.5. The molecule has 5 heteroatoms. The SMILES string of the molecule is CC1=C(C)C(C)([Si](c2ccccc2Cc2ccc(C(C)(C)C)cc2)(c2ccccc2Cc2ccc(C(C)(C)C)cc2)c2ccccc2Cc2ccc(C(C)(C)C)cc2)[C]([Ti+3])=C1C.[Cl-].[Cl-].[Cl-]. The number of benzene rings is 6. The summed E-state index contributed by atoms with van der Waals surface area (Å²) in [7, 11) is -3.16. The van der Waals surface area contributed by atoms with Crippen molar-refractivity contribution in [2.45, 2.75) is 131 Å². The van der Waals surface area contributed by atoms with E-state index in [9.17, 15) is 0 Å². The predicted molar refractivity (Wildman–Crippen MR) is 267 cm³/mol. The van der Waals surface area contributed by atoms with Gasteiger partial charge in [-0.25, -0.2) is 0 Å². The van der Waals surface area contributed by atoms with Gasteiger partial charge in [-0.1, -0.05) is 0 Å². The number of hydrogen-bond acceptors (Lipinski definition) is 0. The van der Waals surface area contributed by atoms with Crippen LogP contribution >= 0.6 is 0 Å². The van der Waals surface area contributed by atoms with E-state index in [4.69, 9.17) is 0 Å². The van der Waals surface area contributed by atoms with Crippen LogP contribution in [0.1, 0.15) is 140 Å². The summed E-state index contributed by atoms with van der Waals surface area (Å²) >= 11 is 2.46. The molecular formula is C60H69Cl3SiTi. The van der Waals surface area contributed by atoms with E-state index in [0.29, 0.717) is 0 Å². The van der Waals surface area contributed by atoms with Crippen molar-refractivity contribution in [1.82, 2.24) is 0 Å². The molecule has 0 aromatic heterocycles. The van der Waals surface area contributed by atoms with Crippen molar-refractivity contribution >= 4 is 23.6 Å². The molecule has 0 fully saturated rings. The minimum Gasteiger partial charge on any atom is -1.00 e. The fourth-order valence-electron chi connectivity index (χ4n) is 10.3. The molecule has 7 rings (SSSR count). The maximum absolute atomic E-state index is 3.16. The molecule has 0 radical (unpaired) electrons. The number of rotatable bonds is 10. The zero-order chi connectivity index (χ0) is 44.8. The first-order valence-electron chi connectivity index (χ1n) is 22.8. The van der Waals surface area contributed by atoms with Gasteiger partial charge in [-0.3, -0.25) is 0 Å². The van der Waals surface area contributed by atoms with Crippen molar-refractivity contribution in [1.29, 1.82) is 0 Å². The van der Waals surface area contributed by atoms with Gasteiger partial charge in [-0.05, 0) is 0 Å². The second-order valence-corrected chi connectivity index (χ2v) is 26.4. The Morgan fingerprint density at radius 2 is 0.662 bits per heavy atom. The summed E-state index contributed by atoms with van der Waals surface area (Å²) in [5.74, 6) is 0. The van der Waals surface area contributed by atoms with Gasteiger partial charge in [-0.2, -0.15) is 0 Å². The first-order valence-corrected chi connectivity index (χ1v) is 25.6. The fourth-order valence-corrected chi connectivity index (χ4v) is 18.5. The van der Waals surface area contributed by atoms with Crippen molar-refractivity contribution in [3.8, 4) is 0 Å². The van der Waals surface area contributed by atoms with Crippen LogP contribution in [0.5, 0.6) is 0 Å². The van der Waals surface area contributed by atoms with Crippen LogP contribution in [-0.2, 0) is 55.9 Å². The van der Waals surface area contributed by atoms with Crippen LogP contribution in [-0.4, -0.2) is 8.07 Å². The molecule has 0 saturated carbocycles. The Morgan fingerprint density at radius 3 is 0.892 bits per heavy atom. The van der Waals surface area contributed by atoms with Gasteiger partial charge >= 0.3 is 391 Å². The number of hydrogen-bond donors (Lipinski definition) is 0. The minimum atomic E-state index is -3.16. The molecule has 1 atom stereocenters. The van der Waals surface area contributed by atoms with Crippen LogP contribution in [0.4, 0.5) is 0 Å². The summed E-state index contributed by atoms with van der Waals surface area (Å²) in [4.78, 5) is 0. The predicted octanol–water partition coefficient (Wildman–Crippen LogP) is 4.76. The van der Waals surface area contributed by atoms with Crippen molar-refractivity contribution in [2.24, 2.45) is 0 Å². The zero-order valence-corrected chi connectivity index (χ0v) is 45.9. The van der Waals surface area contributed by atoms with E-state index in [-0.39, 0.29) is 58.5 Å². The van der Waals surface area contributed by atoms with E-state index in [2.05, 4.69) is 256 Å². The van der Waals surface area contributed by atoms with Gasteiger partial charge in [0.05, 0.1) is 0 Å². The molecule has 0 aliphatic heterocycles. The average molecular weight is 973 g/mol. The molecule has 1 aliphatic carbocycles. The third kappa shape index (κ3) is 10.5. The van der Waals surface area contributed by atoms with Gasteiger partial charge in [0.1, 0.15) is 0 Å². The van der Waals surface area contributed by atoms with Crippen molar-refractivity contribution < 1.29 is 57.7 Å². The monoisotopic (exact) mass is 970 g/mol. The fraction of sp³-hybridized carbons (Fsp3) is 0.333. The Morgan fingerprint density at radius 1 is 0.400 bits per heavy atom. The molecule has 0 nitrogen and oxygen atoms in total. The molecule has 0 heterocycles. The quantitative estimate of drug-likeness (QED) is 0.137. The number of halogens is 3. The summed E-state index contributed by atoms with van der Waals surface area (Å²) in [6.07, 6.45) is 2.63. The zero-order valence-electron chi connectivity index (χ0n) is 41.1. The summed E-state index contributed by atoms with van der Waals surface area (Å²) in [5.41, 5.74) is 17.2. The summed E-state index contributed by atoms with van der Waals surface area (Å²) in [5, 5.41) is 4.31. The van der Waals surface area contributed by atoms with Gasteiger partial charge in [0.15, 0.2) is 0 Å². The topological polar surface area (TPSA) is 0 Å². The average Bonchev–Trinajstić information content (AvgIpc) is 3.38. The van der Waals surface area contributed by atoms with E-state index < -0.39 is 8.07 Å².